The fourth-order valence-electron chi connectivity index (χ4n) is 0.415. The summed E-state index contributed by atoms with van der Waals surface area (Å²) in [6.07, 6.45) is -0.401. The molecule has 0 aromatic carbocycles. The van der Waals surface area contributed by atoms with E-state index in [4.69, 9.17) is 15.9 Å². The van der Waals surface area contributed by atoms with Crippen LogP contribution in [0.15, 0.2) is 0 Å². The van der Waals surface area contributed by atoms with Gasteiger partial charge in [0.15, 0.2) is 6.29 Å². The molecule has 1 atom stereocenters. The third kappa shape index (κ3) is 5.72. The lowest BCUT2D eigenvalue weighted by atomic mass is 10.4. The zero-order valence-corrected chi connectivity index (χ0v) is 5.29. The maximum atomic E-state index is 8.77. The maximum Gasteiger partial charge on any atom is 0.155 e. The zero-order chi connectivity index (χ0) is 7.11. The predicted octanol–water partition coefficient (Wildman–Crippen LogP) is -1.34. The predicted molar refractivity (Wildman–Crippen MR) is 32.7 cm³/mol. The number of hydrogen-bond acceptors (Lipinski definition) is 4. The number of hydrogen-bond donors (Lipinski definition) is 3. The van der Waals surface area contributed by atoms with E-state index in [0.717, 1.165) is 0 Å². The van der Waals surface area contributed by atoms with Gasteiger partial charge in [-0.2, -0.15) is 0 Å². The van der Waals surface area contributed by atoms with Gasteiger partial charge in [0.05, 0.1) is 13.2 Å². The number of aliphatic hydroxyl groups excluding tert-OH is 2. The smallest absolute Gasteiger partial charge is 0.155 e. The normalized spacial score (nSPS) is 13.7. The van der Waals surface area contributed by atoms with Gasteiger partial charge in [-0.1, -0.05) is 0 Å². The van der Waals surface area contributed by atoms with Crippen molar-refractivity contribution in [2.75, 3.05) is 19.8 Å². The zero-order valence-electron chi connectivity index (χ0n) is 5.29. The van der Waals surface area contributed by atoms with Gasteiger partial charge in [-0.05, 0) is 6.54 Å². The van der Waals surface area contributed by atoms with Crippen molar-refractivity contribution in [1.29, 1.82) is 0 Å². The van der Waals surface area contributed by atoms with E-state index in [2.05, 4.69) is 4.74 Å². The summed E-state index contributed by atoms with van der Waals surface area (Å²) < 4.78 is 4.66. The van der Waals surface area contributed by atoms with E-state index in [0.29, 0.717) is 13.0 Å². The van der Waals surface area contributed by atoms with E-state index in [1.807, 2.05) is 0 Å². The van der Waals surface area contributed by atoms with Crippen molar-refractivity contribution >= 4 is 0 Å². The second kappa shape index (κ2) is 5.97. The molecule has 0 aliphatic heterocycles. The maximum absolute atomic E-state index is 8.77. The molecule has 0 aromatic heterocycles. The van der Waals surface area contributed by atoms with Crippen LogP contribution < -0.4 is 5.73 Å². The van der Waals surface area contributed by atoms with Crippen molar-refractivity contribution in [3.63, 3.8) is 0 Å². The van der Waals surface area contributed by atoms with E-state index < -0.39 is 6.29 Å². The fourth-order valence-corrected chi connectivity index (χ4v) is 0.415. The molecule has 0 radical (unpaired) electrons. The molecule has 0 aliphatic rings. The SMILES string of the molecule is NCCC(O)OCCO. The van der Waals surface area contributed by atoms with E-state index in [-0.39, 0.29) is 13.2 Å². The molecule has 0 spiro atoms. The summed E-state index contributed by atoms with van der Waals surface area (Å²) in [5.74, 6) is 0. The number of aliphatic hydroxyl groups is 2. The first-order valence-corrected chi connectivity index (χ1v) is 2.92. The second-order valence-corrected chi connectivity index (χ2v) is 1.63. The van der Waals surface area contributed by atoms with Crippen LogP contribution in [0.25, 0.3) is 0 Å². The molecule has 4 nitrogen and oxygen atoms in total. The highest BCUT2D eigenvalue weighted by molar-refractivity contribution is 4.41. The van der Waals surface area contributed by atoms with Gasteiger partial charge in [0.25, 0.3) is 0 Å². The quantitative estimate of drug-likeness (QED) is 0.408. The molecule has 1 unspecified atom stereocenters. The van der Waals surface area contributed by atoms with Gasteiger partial charge in [0.1, 0.15) is 0 Å². The van der Waals surface area contributed by atoms with Crippen molar-refractivity contribution in [2.24, 2.45) is 5.73 Å². The molecule has 9 heavy (non-hydrogen) atoms. The molecule has 56 valence electrons. The third-order valence-corrected chi connectivity index (χ3v) is 0.815. The Morgan fingerprint density at radius 3 is 2.67 bits per heavy atom. The highest BCUT2D eigenvalue weighted by Gasteiger charge is 1.99. The third-order valence-electron chi connectivity index (χ3n) is 0.815. The van der Waals surface area contributed by atoms with E-state index in [1.165, 1.54) is 0 Å². The molecule has 0 aliphatic carbocycles. The first-order chi connectivity index (χ1) is 4.31. The number of nitrogens with two attached hydrogens (primary N) is 1. The van der Waals surface area contributed by atoms with Crippen molar-refractivity contribution in [3.8, 4) is 0 Å². The molecule has 4 N–H and O–H groups in total. The Morgan fingerprint density at radius 1 is 1.56 bits per heavy atom. The summed E-state index contributed by atoms with van der Waals surface area (Å²) in [4.78, 5) is 0. The molecule has 0 fully saturated rings. The Morgan fingerprint density at radius 2 is 2.22 bits per heavy atom. The van der Waals surface area contributed by atoms with Crippen molar-refractivity contribution < 1.29 is 14.9 Å². The largest absolute Gasteiger partial charge is 0.394 e. The summed E-state index contributed by atoms with van der Waals surface area (Å²) in [5.41, 5.74) is 5.10. The van der Waals surface area contributed by atoms with Crippen LogP contribution in [0.2, 0.25) is 0 Å². The monoisotopic (exact) mass is 135 g/mol. The topological polar surface area (TPSA) is 75.7 Å². The van der Waals surface area contributed by atoms with Crippen molar-refractivity contribution in [3.05, 3.63) is 0 Å². The summed E-state index contributed by atoms with van der Waals surface area (Å²) >= 11 is 0. The second-order valence-electron chi connectivity index (χ2n) is 1.63. The van der Waals surface area contributed by atoms with Crippen LogP contribution in [-0.4, -0.2) is 36.3 Å². The average Bonchev–Trinajstić information content (AvgIpc) is 1.85. The Kier molecular flexibility index (Phi) is 5.86. The molecule has 4 heteroatoms. The highest BCUT2D eigenvalue weighted by atomic mass is 16.6. The molecular weight excluding hydrogens is 122 g/mol. The molecular formula is C5H13NO3. The molecule has 0 bridgehead atoms. The fraction of sp³-hybridized carbons (Fsp3) is 1.00. The van der Waals surface area contributed by atoms with Crippen LogP contribution in [0.5, 0.6) is 0 Å². The van der Waals surface area contributed by atoms with Crippen LogP contribution in [0.4, 0.5) is 0 Å². The molecule has 0 saturated heterocycles. The van der Waals surface area contributed by atoms with Crippen LogP contribution >= 0.6 is 0 Å². The van der Waals surface area contributed by atoms with Gasteiger partial charge in [-0.25, -0.2) is 0 Å². The standard InChI is InChI=1S/C5H13NO3/c6-2-1-5(8)9-4-3-7/h5,7-8H,1-4,6H2. The van der Waals surface area contributed by atoms with Crippen LogP contribution in [-0.2, 0) is 4.74 Å². The number of rotatable bonds is 5. The molecule has 0 aromatic rings. The molecule has 0 heterocycles. The van der Waals surface area contributed by atoms with Gasteiger partial charge in [0, 0.05) is 6.42 Å². The lowest BCUT2D eigenvalue weighted by Gasteiger charge is -2.08. The van der Waals surface area contributed by atoms with Gasteiger partial charge < -0.3 is 20.7 Å². The minimum atomic E-state index is -0.817. The van der Waals surface area contributed by atoms with Crippen molar-refractivity contribution in [2.45, 2.75) is 12.7 Å². The summed E-state index contributed by atoms with van der Waals surface area (Å²) in [7, 11) is 0. The minimum absolute atomic E-state index is 0.0678. The van der Waals surface area contributed by atoms with Gasteiger partial charge in [-0.3, -0.25) is 0 Å². The lowest BCUT2D eigenvalue weighted by molar-refractivity contribution is -0.108. The van der Waals surface area contributed by atoms with Gasteiger partial charge in [-0.15, -0.1) is 0 Å². The van der Waals surface area contributed by atoms with E-state index in [9.17, 15) is 0 Å². The van der Waals surface area contributed by atoms with E-state index >= 15 is 0 Å². The summed E-state index contributed by atoms with van der Waals surface area (Å²) in [6.45, 7) is 0.495. The molecule has 0 saturated carbocycles. The van der Waals surface area contributed by atoms with Crippen molar-refractivity contribution in [1.82, 2.24) is 0 Å². The Labute approximate surface area is 54.2 Å². The van der Waals surface area contributed by atoms with Gasteiger partial charge >= 0.3 is 0 Å². The first-order valence-electron chi connectivity index (χ1n) is 2.92. The summed E-state index contributed by atoms with van der Waals surface area (Å²) in [6, 6.07) is 0. The summed E-state index contributed by atoms with van der Waals surface area (Å²) in [5, 5.41) is 17.0. The number of ether oxygens (including phenoxy) is 1. The van der Waals surface area contributed by atoms with Crippen LogP contribution in [0, 0.1) is 0 Å². The molecule has 0 rings (SSSR count). The Bertz CT molecular complexity index is 60.2. The Balaban J connectivity index is 2.95. The first kappa shape index (κ1) is 8.84. The highest BCUT2D eigenvalue weighted by Crippen LogP contribution is 1.89. The van der Waals surface area contributed by atoms with Crippen LogP contribution in [0.3, 0.4) is 0 Å². The lowest BCUT2D eigenvalue weighted by Crippen LogP contribution is -2.18. The average molecular weight is 135 g/mol. The Hall–Kier alpha value is -0.160. The van der Waals surface area contributed by atoms with E-state index in [1.54, 1.807) is 0 Å². The minimum Gasteiger partial charge on any atom is -0.394 e. The van der Waals surface area contributed by atoms with Crippen LogP contribution in [0.1, 0.15) is 6.42 Å². The molecule has 0 amide bonds. The van der Waals surface area contributed by atoms with Gasteiger partial charge in [0.2, 0.25) is 0 Å².